The van der Waals surface area contributed by atoms with Crippen molar-refractivity contribution in [3.63, 3.8) is 0 Å². The van der Waals surface area contributed by atoms with Crippen LogP contribution in [0.3, 0.4) is 0 Å². The van der Waals surface area contributed by atoms with E-state index in [4.69, 9.17) is 14.2 Å². The van der Waals surface area contributed by atoms with Crippen molar-refractivity contribution in [1.82, 2.24) is 4.98 Å². The summed E-state index contributed by atoms with van der Waals surface area (Å²) in [5.41, 5.74) is 4.03. The fourth-order valence-corrected chi connectivity index (χ4v) is 3.80. The van der Waals surface area contributed by atoms with Crippen LogP contribution in [0.4, 0.5) is 5.69 Å². The monoisotopic (exact) mass is 449 g/mol. The number of nitriles is 1. The van der Waals surface area contributed by atoms with Gasteiger partial charge in [0.25, 0.3) is 0 Å². The average Bonchev–Trinajstić information content (AvgIpc) is 3.33. The molecular formula is C24H23N3O4S. The minimum Gasteiger partial charge on any atom is -0.493 e. The van der Waals surface area contributed by atoms with Crippen LogP contribution < -0.4 is 14.8 Å². The molecule has 3 aromatic rings. The molecule has 0 atom stereocenters. The number of carbonyl (C=O) groups excluding carboxylic acids is 1. The maximum Gasteiger partial charge on any atom is 0.340 e. The highest BCUT2D eigenvalue weighted by molar-refractivity contribution is 7.11. The molecule has 7 nitrogen and oxygen atoms in total. The average molecular weight is 450 g/mol. The minimum absolute atomic E-state index is 0.245. The van der Waals surface area contributed by atoms with E-state index in [1.807, 2.05) is 17.5 Å². The van der Waals surface area contributed by atoms with Gasteiger partial charge in [-0.2, -0.15) is 5.26 Å². The highest BCUT2D eigenvalue weighted by atomic mass is 32.1. The molecule has 1 heterocycles. The zero-order valence-corrected chi connectivity index (χ0v) is 19.1. The molecule has 2 aromatic carbocycles. The Balaban J connectivity index is 1.92. The smallest absolute Gasteiger partial charge is 0.340 e. The molecule has 0 aliphatic carbocycles. The molecule has 0 aliphatic heterocycles. The number of hydrogen-bond donors (Lipinski definition) is 1. The first-order valence-electron chi connectivity index (χ1n) is 9.80. The molecule has 0 amide bonds. The molecule has 3 rings (SSSR count). The van der Waals surface area contributed by atoms with E-state index in [1.54, 1.807) is 6.07 Å². The third-order valence-corrected chi connectivity index (χ3v) is 5.69. The van der Waals surface area contributed by atoms with Gasteiger partial charge in [-0.15, -0.1) is 11.3 Å². The highest BCUT2D eigenvalue weighted by Crippen LogP contribution is 2.34. The van der Waals surface area contributed by atoms with Crippen molar-refractivity contribution >= 4 is 28.6 Å². The summed E-state index contributed by atoms with van der Waals surface area (Å²) in [6.45, 7) is 2.11. The topological polar surface area (TPSA) is 93.5 Å². The lowest BCUT2D eigenvalue weighted by Crippen LogP contribution is -2.07. The summed E-state index contributed by atoms with van der Waals surface area (Å²) >= 11 is 1.37. The molecule has 164 valence electrons. The number of allylic oxidation sites excluding steroid dienone is 1. The highest BCUT2D eigenvalue weighted by Gasteiger charge is 2.18. The van der Waals surface area contributed by atoms with E-state index >= 15 is 0 Å². The number of thiazole rings is 1. The second-order valence-electron chi connectivity index (χ2n) is 6.65. The van der Waals surface area contributed by atoms with E-state index < -0.39 is 5.97 Å². The van der Waals surface area contributed by atoms with E-state index in [-0.39, 0.29) is 5.56 Å². The van der Waals surface area contributed by atoms with Crippen LogP contribution in [-0.2, 0) is 11.2 Å². The second-order valence-corrected chi connectivity index (χ2v) is 7.50. The number of aromatic nitrogens is 1. The number of ether oxygens (including phenoxy) is 3. The molecule has 8 heteroatoms. The summed E-state index contributed by atoms with van der Waals surface area (Å²) in [5.74, 6) is 0.274. The number of nitrogens with zero attached hydrogens (tertiary/aromatic N) is 2. The molecule has 1 aromatic heterocycles. The maximum atomic E-state index is 12.2. The van der Waals surface area contributed by atoms with Gasteiger partial charge in [-0.25, -0.2) is 9.78 Å². The van der Waals surface area contributed by atoms with Crippen LogP contribution in [0.5, 0.6) is 11.5 Å². The number of methoxy groups -OCH3 is 3. The quantitative estimate of drug-likeness (QED) is 0.375. The summed E-state index contributed by atoms with van der Waals surface area (Å²) in [5, 5.41) is 15.2. The first-order chi connectivity index (χ1) is 15.5. The predicted octanol–water partition coefficient (Wildman–Crippen LogP) is 5.15. The van der Waals surface area contributed by atoms with Crippen molar-refractivity contribution in [1.29, 1.82) is 5.26 Å². The maximum absolute atomic E-state index is 12.2. The molecular weight excluding hydrogens is 426 g/mol. The summed E-state index contributed by atoms with van der Waals surface area (Å²) < 4.78 is 15.4. The van der Waals surface area contributed by atoms with Crippen LogP contribution in [0.15, 0.2) is 48.0 Å². The Morgan fingerprint density at radius 1 is 1.16 bits per heavy atom. The fourth-order valence-electron chi connectivity index (χ4n) is 3.01. The van der Waals surface area contributed by atoms with Gasteiger partial charge in [0.05, 0.1) is 38.3 Å². The first kappa shape index (κ1) is 22.8. The number of benzene rings is 2. The van der Waals surface area contributed by atoms with Gasteiger partial charge in [0, 0.05) is 29.3 Å². The van der Waals surface area contributed by atoms with Gasteiger partial charge < -0.3 is 19.5 Å². The molecule has 0 saturated heterocycles. The van der Waals surface area contributed by atoms with E-state index in [9.17, 15) is 10.1 Å². The van der Waals surface area contributed by atoms with Gasteiger partial charge in [0.1, 0.15) is 16.6 Å². The largest absolute Gasteiger partial charge is 0.493 e. The molecule has 0 fully saturated rings. The third-order valence-electron chi connectivity index (χ3n) is 4.81. The Labute approximate surface area is 190 Å². The SMILES string of the molecule is CCc1ccc(-c2csc(/C(C#N)=C/Nc3cc(OC)c(OC)cc3C(=O)OC)n2)cc1. The Morgan fingerprint density at radius 3 is 2.44 bits per heavy atom. The van der Waals surface area contributed by atoms with Crippen molar-refractivity contribution in [3.05, 3.63) is 64.1 Å². The molecule has 32 heavy (non-hydrogen) atoms. The number of nitrogens with one attached hydrogen (secondary N) is 1. The van der Waals surface area contributed by atoms with E-state index in [0.29, 0.717) is 27.8 Å². The van der Waals surface area contributed by atoms with Gasteiger partial charge in [-0.05, 0) is 12.0 Å². The number of rotatable bonds is 8. The van der Waals surface area contributed by atoms with Crippen LogP contribution in [0.1, 0.15) is 27.9 Å². The zero-order chi connectivity index (χ0) is 23.1. The molecule has 1 N–H and O–H groups in total. The Hall–Kier alpha value is -3.83. The van der Waals surface area contributed by atoms with Crippen LogP contribution in [0, 0.1) is 11.3 Å². The third kappa shape index (κ3) is 4.90. The van der Waals surface area contributed by atoms with Crippen molar-refractivity contribution in [2.24, 2.45) is 0 Å². The Kier molecular flexibility index (Phi) is 7.47. The number of aryl methyl sites for hydroxylation is 1. The summed E-state index contributed by atoms with van der Waals surface area (Å²) in [6, 6.07) is 13.5. The molecule has 0 aliphatic rings. The Bertz CT molecular complexity index is 1180. The van der Waals surface area contributed by atoms with Crippen molar-refractivity contribution < 1.29 is 19.0 Å². The van der Waals surface area contributed by atoms with Crippen LogP contribution >= 0.6 is 11.3 Å². The molecule has 0 radical (unpaired) electrons. The molecule has 0 unspecified atom stereocenters. The van der Waals surface area contributed by atoms with Gasteiger partial charge in [-0.1, -0.05) is 31.2 Å². The summed E-state index contributed by atoms with van der Waals surface area (Å²) in [7, 11) is 4.28. The van der Waals surface area contributed by atoms with Gasteiger partial charge in [0.15, 0.2) is 11.5 Å². The van der Waals surface area contributed by atoms with Crippen LogP contribution in [0.2, 0.25) is 0 Å². The fraction of sp³-hybridized carbons (Fsp3) is 0.208. The minimum atomic E-state index is -0.549. The van der Waals surface area contributed by atoms with Crippen LogP contribution in [-0.4, -0.2) is 32.3 Å². The Morgan fingerprint density at radius 2 is 1.84 bits per heavy atom. The standard InChI is InChI=1S/C24H23N3O4S/c1-5-15-6-8-16(9-7-15)20-14-32-23(27-20)17(12-25)13-26-19-11-22(30-3)21(29-2)10-18(19)24(28)31-4/h6-11,13-14,26H,5H2,1-4H3/b17-13+. The van der Waals surface area contributed by atoms with Crippen LogP contribution in [0.25, 0.3) is 16.8 Å². The molecule has 0 bridgehead atoms. The summed E-state index contributed by atoms with van der Waals surface area (Å²) in [6.07, 6.45) is 2.48. The van der Waals surface area contributed by atoms with E-state index in [1.165, 1.54) is 50.5 Å². The van der Waals surface area contributed by atoms with E-state index in [0.717, 1.165) is 17.7 Å². The molecule has 0 spiro atoms. The van der Waals surface area contributed by atoms with Gasteiger partial charge in [-0.3, -0.25) is 0 Å². The second kappa shape index (κ2) is 10.5. The van der Waals surface area contributed by atoms with Crippen molar-refractivity contribution in [2.45, 2.75) is 13.3 Å². The zero-order valence-electron chi connectivity index (χ0n) is 18.3. The van der Waals surface area contributed by atoms with Crippen molar-refractivity contribution in [3.8, 4) is 28.8 Å². The number of esters is 1. The lowest BCUT2D eigenvalue weighted by molar-refractivity contribution is 0.0601. The van der Waals surface area contributed by atoms with E-state index in [2.05, 4.69) is 35.4 Å². The van der Waals surface area contributed by atoms with Gasteiger partial charge in [0.2, 0.25) is 0 Å². The van der Waals surface area contributed by atoms with Crippen molar-refractivity contribution in [2.75, 3.05) is 26.6 Å². The summed E-state index contributed by atoms with van der Waals surface area (Å²) in [4.78, 5) is 16.8. The first-order valence-corrected chi connectivity index (χ1v) is 10.7. The van der Waals surface area contributed by atoms with Gasteiger partial charge >= 0.3 is 5.97 Å². The number of carbonyl (C=O) groups is 1. The lowest BCUT2D eigenvalue weighted by atomic mass is 10.1. The normalized spacial score (nSPS) is 10.9. The number of hydrogen-bond acceptors (Lipinski definition) is 8. The molecule has 0 saturated carbocycles. The lowest BCUT2D eigenvalue weighted by Gasteiger charge is -2.13. The predicted molar refractivity (Wildman–Crippen MR) is 125 cm³/mol. The number of anilines is 1.